The Morgan fingerprint density at radius 2 is 2.25 bits per heavy atom. The fourth-order valence-electron chi connectivity index (χ4n) is 1.27. The maximum Gasteiger partial charge on any atom is 0.358 e. The minimum absolute atomic E-state index is 0.124. The number of hydrogen-bond acceptors (Lipinski definition) is 3. The molecule has 1 aromatic carbocycles. The first-order valence-corrected chi connectivity index (χ1v) is 4.48. The molecule has 1 aromatic heterocycles. The third-order valence-electron chi connectivity index (χ3n) is 2.04. The molecule has 16 heavy (non-hydrogen) atoms. The number of hydrogen-bond donors (Lipinski definition) is 1. The van der Waals surface area contributed by atoms with Crippen LogP contribution in [0.25, 0.3) is 11.3 Å². The molecule has 1 N–H and O–H groups in total. The number of rotatable bonds is 2. The van der Waals surface area contributed by atoms with Gasteiger partial charge in [0.05, 0.1) is 0 Å². The molecule has 0 spiro atoms. The molecule has 2 aromatic rings. The molecule has 78 valence electrons. The van der Waals surface area contributed by atoms with Crippen LogP contribution in [0.15, 0.2) is 34.9 Å². The van der Waals surface area contributed by atoms with Gasteiger partial charge in [0, 0.05) is 17.2 Å². The molecule has 0 bridgehead atoms. The summed E-state index contributed by atoms with van der Waals surface area (Å²) in [5.41, 5.74) is 1.28. The fourth-order valence-corrected chi connectivity index (χ4v) is 1.27. The van der Waals surface area contributed by atoms with Gasteiger partial charge in [-0.1, -0.05) is 23.2 Å². The smallest absolute Gasteiger partial charge is 0.358 e. The Labute approximate surface area is 91.5 Å². The normalized spacial score (nSPS) is 9.69. The van der Waals surface area contributed by atoms with E-state index >= 15 is 0 Å². The number of carbonyl (C=O) groups is 1. The molecule has 1 heterocycles. The summed E-state index contributed by atoms with van der Waals surface area (Å²) in [4.78, 5) is 10.6. The van der Waals surface area contributed by atoms with Crippen LogP contribution in [0.4, 0.5) is 0 Å². The molecule has 2 rings (SSSR count). The molecule has 0 fully saturated rings. The van der Waals surface area contributed by atoms with E-state index in [1.165, 1.54) is 6.07 Å². The van der Waals surface area contributed by atoms with Crippen molar-refractivity contribution in [3.05, 3.63) is 41.6 Å². The van der Waals surface area contributed by atoms with Crippen LogP contribution in [0, 0.1) is 12.3 Å². The SMILES string of the molecule is C#Cc1cccc(-c2cc(C(=O)O)no2)c1. The number of nitrogens with zero attached hydrogens (tertiary/aromatic N) is 1. The molecule has 0 amide bonds. The average molecular weight is 213 g/mol. The number of carboxylic acids is 1. The zero-order valence-electron chi connectivity index (χ0n) is 8.18. The highest BCUT2D eigenvalue weighted by atomic mass is 16.5. The molecule has 0 aliphatic heterocycles. The second-order valence-corrected chi connectivity index (χ2v) is 3.11. The van der Waals surface area contributed by atoms with Crippen LogP contribution in [0.2, 0.25) is 0 Å². The standard InChI is InChI=1S/C12H7NO3/c1-2-8-4-3-5-9(6-8)11-7-10(12(14)15)13-16-11/h1,3-7H,(H,14,15). The quantitative estimate of drug-likeness (QED) is 0.775. The molecule has 0 atom stereocenters. The van der Waals surface area contributed by atoms with E-state index < -0.39 is 5.97 Å². The maximum atomic E-state index is 10.6. The van der Waals surface area contributed by atoms with Gasteiger partial charge >= 0.3 is 5.97 Å². The lowest BCUT2D eigenvalue weighted by molar-refractivity contribution is 0.0686. The zero-order chi connectivity index (χ0) is 11.5. The highest BCUT2D eigenvalue weighted by Gasteiger charge is 2.11. The minimum Gasteiger partial charge on any atom is -0.476 e. The van der Waals surface area contributed by atoms with Crippen molar-refractivity contribution >= 4 is 5.97 Å². The summed E-state index contributed by atoms with van der Waals surface area (Å²) in [7, 11) is 0. The number of carboxylic acid groups (broad SMARTS) is 1. The summed E-state index contributed by atoms with van der Waals surface area (Å²) >= 11 is 0. The van der Waals surface area contributed by atoms with Crippen molar-refractivity contribution in [1.82, 2.24) is 5.16 Å². The summed E-state index contributed by atoms with van der Waals surface area (Å²) in [6.45, 7) is 0. The highest BCUT2D eigenvalue weighted by molar-refractivity contribution is 5.86. The van der Waals surface area contributed by atoms with E-state index in [4.69, 9.17) is 16.1 Å². The molecular formula is C12H7NO3. The number of aromatic nitrogens is 1. The van der Waals surface area contributed by atoms with Gasteiger partial charge in [0.15, 0.2) is 11.5 Å². The molecule has 0 saturated heterocycles. The summed E-state index contributed by atoms with van der Waals surface area (Å²) < 4.78 is 4.91. The van der Waals surface area contributed by atoms with E-state index in [0.29, 0.717) is 16.9 Å². The molecule has 4 nitrogen and oxygen atoms in total. The van der Waals surface area contributed by atoms with Gasteiger partial charge in [-0.25, -0.2) is 4.79 Å². The van der Waals surface area contributed by atoms with Crippen molar-refractivity contribution in [3.8, 4) is 23.7 Å². The third kappa shape index (κ3) is 1.79. The van der Waals surface area contributed by atoms with E-state index in [1.807, 2.05) is 0 Å². The Morgan fingerprint density at radius 3 is 2.88 bits per heavy atom. The van der Waals surface area contributed by atoms with Gasteiger partial charge in [-0.05, 0) is 12.1 Å². The maximum absolute atomic E-state index is 10.6. The monoisotopic (exact) mass is 213 g/mol. The third-order valence-corrected chi connectivity index (χ3v) is 2.04. The summed E-state index contributed by atoms with van der Waals surface area (Å²) in [5.74, 6) is 1.75. The highest BCUT2D eigenvalue weighted by Crippen LogP contribution is 2.21. The topological polar surface area (TPSA) is 63.3 Å². The lowest BCUT2D eigenvalue weighted by atomic mass is 10.1. The van der Waals surface area contributed by atoms with E-state index in [-0.39, 0.29) is 5.69 Å². The molecule has 0 saturated carbocycles. The van der Waals surface area contributed by atoms with E-state index in [1.54, 1.807) is 24.3 Å². The summed E-state index contributed by atoms with van der Waals surface area (Å²) in [6.07, 6.45) is 5.26. The number of benzene rings is 1. The van der Waals surface area contributed by atoms with Gasteiger partial charge in [-0.15, -0.1) is 6.42 Å². The van der Waals surface area contributed by atoms with Crippen molar-refractivity contribution in [3.63, 3.8) is 0 Å². The predicted octanol–water partition coefficient (Wildman–Crippen LogP) is 2.02. The zero-order valence-corrected chi connectivity index (χ0v) is 8.18. The molecular weight excluding hydrogens is 206 g/mol. The Balaban J connectivity index is 2.43. The lowest BCUT2D eigenvalue weighted by Crippen LogP contribution is -1.94. The number of aromatic carboxylic acids is 1. The van der Waals surface area contributed by atoms with Crippen LogP contribution in [-0.2, 0) is 0 Å². The molecule has 0 radical (unpaired) electrons. The Morgan fingerprint density at radius 1 is 1.44 bits per heavy atom. The number of terminal acetylenes is 1. The Kier molecular flexibility index (Phi) is 2.44. The van der Waals surface area contributed by atoms with E-state index in [0.717, 1.165) is 0 Å². The van der Waals surface area contributed by atoms with Crippen LogP contribution < -0.4 is 0 Å². The lowest BCUT2D eigenvalue weighted by Gasteiger charge is -1.95. The largest absolute Gasteiger partial charge is 0.476 e. The Hall–Kier alpha value is -2.54. The minimum atomic E-state index is -1.12. The molecule has 0 aliphatic carbocycles. The van der Waals surface area contributed by atoms with E-state index in [9.17, 15) is 4.79 Å². The fraction of sp³-hybridized carbons (Fsp3) is 0. The van der Waals surface area contributed by atoms with Crippen LogP contribution in [0.5, 0.6) is 0 Å². The predicted molar refractivity (Wildman–Crippen MR) is 56.8 cm³/mol. The van der Waals surface area contributed by atoms with Gasteiger partial charge in [0.2, 0.25) is 0 Å². The first kappa shape index (κ1) is 9.99. The summed E-state index contributed by atoms with van der Waals surface area (Å²) in [6, 6.07) is 8.41. The van der Waals surface area contributed by atoms with Gasteiger partial charge in [-0.3, -0.25) is 0 Å². The van der Waals surface area contributed by atoms with Gasteiger partial charge in [0.25, 0.3) is 0 Å². The van der Waals surface area contributed by atoms with Crippen molar-refractivity contribution in [1.29, 1.82) is 0 Å². The first-order valence-electron chi connectivity index (χ1n) is 4.48. The van der Waals surface area contributed by atoms with Crippen molar-refractivity contribution < 1.29 is 14.4 Å². The second-order valence-electron chi connectivity index (χ2n) is 3.11. The summed E-state index contributed by atoms with van der Waals surface area (Å²) in [5, 5.41) is 12.1. The molecule has 0 aliphatic rings. The molecule has 0 unspecified atom stereocenters. The van der Waals surface area contributed by atoms with Crippen LogP contribution in [-0.4, -0.2) is 16.2 Å². The van der Waals surface area contributed by atoms with Crippen molar-refractivity contribution in [2.45, 2.75) is 0 Å². The molecule has 4 heteroatoms. The second kappa shape index (κ2) is 3.91. The van der Waals surface area contributed by atoms with Gasteiger partial charge < -0.3 is 9.63 Å². The van der Waals surface area contributed by atoms with Crippen molar-refractivity contribution in [2.75, 3.05) is 0 Å². The van der Waals surface area contributed by atoms with Gasteiger partial charge in [0.1, 0.15) is 0 Å². The van der Waals surface area contributed by atoms with Crippen LogP contribution in [0.3, 0.4) is 0 Å². The Bertz CT molecular complexity index is 578. The van der Waals surface area contributed by atoms with Gasteiger partial charge in [-0.2, -0.15) is 0 Å². The first-order chi connectivity index (χ1) is 7.70. The van der Waals surface area contributed by atoms with Crippen molar-refractivity contribution in [2.24, 2.45) is 0 Å². The van der Waals surface area contributed by atoms with E-state index in [2.05, 4.69) is 11.1 Å². The van der Waals surface area contributed by atoms with Crippen LogP contribution >= 0.6 is 0 Å². The van der Waals surface area contributed by atoms with Crippen LogP contribution in [0.1, 0.15) is 16.1 Å². The average Bonchev–Trinajstić information content (AvgIpc) is 2.78.